The number of ether oxygens (including phenoxy) is 1. The summed E-state index contributed by atoms with van der Waals surface area (Å²) in [5.74, 6) is -3.33. The van der Waals surface area contributed by atoms with Gasteiger partial charge >= 0.3 is 0 Å². The lowest BCUT2D eigenvalue weighted by atomic mass is 10.1. The first-order valence-electron chi connectivity index (χ1n) is 10.8. The highest BCUT2D eigenvalue weighted by Crippen LogP contribution is 2.31. The number of H-pyrrole nitrogens is 1. The molecule has 1 unspecified atom stereocenters. The van der Waals surface area contributed by atoms with Crippen molar-refractivity contribution in [2.45, 2.75) is 19.9 Å². The number of nitrogens with zero attached hydrogens (tertiary/aromatic N) is 4. The van der Waals surface area contributed by atoms with Crippen molar-refractivity contribution < 1.29 is 17.9 Å². The highest BCUT2D eigenvalue weighted by Gasteiger charge is 2.21. The van der Waals surface area contributed by atoms with Crippen molar-refractivity contribution in [3.05, 3.63) is 93.1 Å². The van der Waals surface area contributed by atoms with Gasteiger partial charge in [-0.3, -0.25) is 4.79 Å². The quantitative estimate of drug-likeness (QED) is 0.311. The normalized spacial score (nSPS) is 12.3. The second kappa shape index (κ2) is 8.87. The van der Waals surface area contributed by atoms with E-state index in [1.807, 2.05) is 29.8 Å². The molecular formula is C25H19ClF3N5O2. The molecule has 1 atom stereocenters. The molecule has 0 amide bonds. The highest BCUT2D eigenvalue weighted by molar-refractivity contribution is 6.34. The zero-order valence-electron chi connectivity index (χ0n) is 19.3. The van der Waals surface area contributed by atoms with E-state index >= 15 is 0 Å². The van der Waals surface area contributed by atoms with Crippen LogP contribution in [-0.2, 0) is 0 Å². The van der Waals surface area contributed by atoms with Gasteiger partial charge < -0.3 is 18.9 Å². The fraction of sp³-hybridized carbons (Fsp3) is 0.160. The largest absolute Gasteiger partial charge is 0.495 e. The topological polar surface area (TPSA) is 77.7 Å². The molecule has 2 aromatic carbocycles. The number of pyridine rings is 1. The molecule has 5 aromatic rings. The summed E-state index contributed by atoms with van der Waals surface area (Å²) in [6.07, 6.45) is 4.89. The number of halogens is 4. The Balaban J connectivity index is 1.59. The SMILES string of the molecule is COc1cc(-c2nc3c(=O)n(C(C)c4cc(F)c(F)c(F)c4)cc(Cl)c3[nH]2)ccc1-n1cnc(C)c1. The zero-order valence-corrected chi connectivity index (χ0v) is 20.1. The Morgan fingerprint density at radius 2 is 1.83 bits per heavy atom. The molecule has 36 heavy (non-hydrogen) atoms. The van der Waals surface area contributed by atoms with Crippen LogP contribution in [0, 0.1) is 24.4 Å². The smallest absolute Gasteiger partial charge is 0.279 e. The molecule has 0 aliphatic heterocycles. The van der Waals surface area contributed by atoms with E-state index in [0.717, 1.165) is 23.5 Å². The molecule has 3 heterocycles. The van der Waals surface area contributed by atoms with Crippen LogP contribution in [-0.4, -0.2) is 31.2 Å². The second-order valence-corrected chi connectivity index (χ2v) is 8.69. The minimum Gasteiger partial charge on any atom is -0.495 e. The molecule has 0 saturated carbocycles. The third-order valence-corrected chi connectivity index (χ3v) is 6.27. The number of aromatic amines is 1. The summed E-state index contributed by atoms with van der Waals surface area (Å²) in [5, 5.41) is 0.177. The van der Waals surface area contributed by atoms with E-state index in [1.54, 1.807) is 26.4 Å². The molecule has 0 aliphatic carbocycles. The lowest BCUT2D eigenvalue weighted by Crippen LogP contribution is -2.24. The summed E-state index contributed by atoms with van der Waals surface area (Å²) in [6, 6.07) is 6.26. The molecule has 0 spiro atoms. The summed E-state index contributed by atoms with van der Waals surface area (Å²) < 4.78 is 49.5. The van der Waals surface area contributed by atoms with E-state index in [2.05, 4.69) is 15.0 Å². The van der Waals surface area contributed by atoms with Gasteiger partial charge in [0.25, 0.3) is 5.56 Å². The van der Waals surface area contributed by atoms with Gasteiger partial charge in [-0.15, -0.1) is 0 Å². The Hall–Kier alpha value is -4.05. The number of aryl methyl sites for hydroxylation is 1. The van der Waals surface area contributed by atoms with Crippen molar-refractivity contribution in [1.82, 2.24) is 24.1 Å². The maximum absolute atomic E-state index is 13.8. The Morgan fingerprint density at radius 3 is 2.47 bits per heavy atom. The Morgan fingerprint density at radius 1 is 1.11 bits per heavy atom. The Labute approximate surface area is 207 Å². The number of rotatable bonds is 5. The molecule has 184 valence electrons. The van der Waals surface area contributed by atoms with Crippen molar-refractivity contribution in [3.63, 3.8) is 0 Å². The second-order valence-electron chi connectivity index (χ2n) is 8.28. The molecule has 0 aliphatic rings. The van der Waals surface area contributed by atoms with E-state index in [4.69, 9.17) is 16.3 Å². The maximum Gasteiger partial charge on any atom is 0.279 e. The number of benzene rings is 2. The number of hydrogen-bond acceptors (Lipinski definition) is 4. The van der Waals surface area contributed by atoms with Crippen molar-refractivity contribution >= 4 is 22.6 Å². The van der Waals surface area contributed by atoms with Crippen LogP contribution >= 0.6 is 11.6 Å². The fourth-order valence-corrected chi connectivity index (χ4v) is 4.30. The first kappa shape index (κ1) is 23.7. The average molecular weight is 514 g/mol. The van der Waals surface area contributed by atoms with Gasteiger partial charge in [0, 0.05) is 18.0 Å². The van der Waals surface area contributed by atoms with Crippen molar-refractivity contribution in [1.29, 1.82) is 0 Å². The van der Waals surface area contributed by atoms with Crippen LogP contribution in [0.1, 0.15) is 24.2 Å². The van der Waals surface area contributed by atoms with E-state index in [-0.39, 0.29) is 16.1 Å². The van der Waals surface area contributed by atoms with Crippen molar-refractivity contribution in [3.8, 4) is 22.8 Å². The van der Waals surface area contributed by atoms with E-state index in [0.29, 0.717) is 22.7 Å². The minimum atomic E-state index is -1.58. The summed E-state index contributed by atoms with van der Waals surface area (Å²) in [7, 11) is 1.54. The van der Waals surface area contributed by atoms with Gasteiger partial charge in [-0.2, -0.15) is 0 Å². The van der Waals surface area contributed by atoms with Crippen LogP contribution < -0.4 is 10.3 Å². The van der Waals surface area contributed by atoms with Crippen molar-refractivity contribution in [2.75, 3.05) is 7.11 Å². The van der Waals surface area contributed by atoms with E-state index in [1.165, 1.54) is 10.8 Å². The highest BCUT2D eigenvalue weighted by atomic mass is 35.5. The molecule has 0 bridgehead atoms. The lowest BCUT2D eigenvalue weighted by Gasteiger charge is -2.16. The van der Waals surface area contributed by atoms with Gasteiger partial charge in [0.05, 0.1) is 41.4 Å². The molecule has 0 radical (unpaired) electrons. The van der Waals surface area contributed by atoms with E-state index < -0.39 is 29.1 Å². The van der Waals surface area contributed by atoms with Gasteiger partial charge in [-0.1, -0.05) is 11.6 Å². The van der Waals surface area contributed by atoms with Gasteiger partial charge in [-0.05, 0) is 49.7 Å². The first-order valence-corrected chi connectivity index (χ1v) is 11.2. The van der Waals surface area contributed by atoms with Gasteiger partial charge in [0.1, 0.15) is 11.6 Å². The number of hydrogen-bond donors (Lipinski definition) is 1. The van der Waals surface area contributed by atoms with Crippen LogP contribution in [0.5, 0.6) is 5.75 Å². The van der Waals surface area contributed by atoms with Gasteiger partial charge in [-0.25, -0.2) is 23.1 Å². The molecular weight excluding hydrogens is 495 g/mol. The average Bonchev–Trinajstić information content (AvgIpc) is 3.51. The molecule has 0 saturated heterocycles. The van der Waals surface area contributed by atoms with Crippen LogP contribution in [0.4, 0.5) is 13.2 Å². The summed E-state index contributed by atoms with van der Waals surface area (Å²) in [5.41, 5.74) is 2.14. The van der Waals surface area contributed by atoms with Crippen LogP contribution in [0.3, 0.4) is 0 Å². The fourth-order valence-electron chi connectivity index (χ4n) is 4.06. The van der Waals surface area contributed by atoms with E-state index in [9.17, 15) is 18.0 Å². The number of aromatic nitrogens is 5. The summed E-state index contributed by atoms with van der Waals surface area (Å²) >= 11 is 6.45. The maximum atomic E-state index is 13.8. The molecule has 1 N–H and O–H groups in total. The predicted octanol–water partition coefficient (Wildman–Crippen LogP) is 5.57. The number of nitrogens with one attached hydrogen (secondary N) is 1. The van der Waals surface area contributed by atoms with Crippen molar-refractivity contribution in [2.24, 2.45) is 0 Å². The predicted molar refractivity (Wildman–Crippen MR) is 129 cm³/mol. The number of fused-ring (bicyclic) bond motifs is 1. The van der Waals surface area contributed by atoms with Crippen LogP contribution in [0.15, 0.2) is 53.8 Å². The molecule has 3 aromatic heterocycles. The standard InChI is InChI=1S/C25H19ClF3N5O2/c1-12-9-33(11-30-12)19-5-4-14(8-20(19)36-3)24-31-22-16(26)10-34(25(35)23(22)32-24)13(2)15-6-17(27)21(29)18(28)7-15/h4-11,13H,1-3H3,(H,31,32). The third kappa shape index (κ3) is 3.93. The molecule has 5 rings (SSSR count). The van der Waals surface area contributed by atoms with Gasteiger partial charge in [0.15, 0.2) is 23.0 Å². The molecule has 7 nitrogen and oxygen atoms in total. The zero-order chi connectivity index (χ0) is 25.7. The Bertz CT molecular complexity index is 1670. The monoisotopic (exact) mass is 513 g/mol. The summed E-state index contributed by atoms with van der Waals surface area (Å²) in [6.45, 7) is 3.43. The minimum absolute atomic E-state index is 0.0423. The molecule has 11 heteroatoms. The van der Waals surface area contributed by atoms with Gasteiger partial charge in [0.2, 0.25) is 0 Å². The third-order valence-electron chi connectivity index (χ3n) is 5.98. The first-order chi connectivity index (χ1) is 17.2. The number of methoxy groups -OCH3 is 1. The lowest BCUT2D eigenvalue weighted by molar-refractivity contribution is 0.413. The summed E-state index contributed by atoms with van der Waals surface area (Å²) in [4.78, 5) is 25.0. The number of imidazole rings is 2. The van der Waals surface area contributed by atoms with Crippen LogP contribution in [0.2, 0.25) is 5.02 Å². The van der Waals surface area contributed by atoms with Crippen LogP contribution in [0.25, 0.3) is 28.1 Å². The molecule has 0 fully saturated rings. The Kier molecular flexibility index (Phi) is 5.83.